The number of nitrogens with zero attached hydrogens (tertiary/aromatic N) is 2. The maximum atomic E-state index is 12.0. The molecule has 1 aliphatic rings. The van der Waals surface area contributed by atoms with Crippen LogP contribution >= 0.6 is 0 Å². The quantitative estimate of drug-likeness (QED) is 0.751. The minimum Gasteiger partial charge on any atom is -0.384 e. The van der Waals surface area contributed by atoms with Crippen LogP contribution in [0.4, 0.5) is 5.82 Å². The Labute approximate surface area is 89.1 Å². The first-order chi connectivity index (χ1) is 7.18. The van der Waals surface area contributed by atoms with Gasteiger partial charge in [0.2, 0.25) is 0 Å². The average Bonchev–Trinajstić information content (AvgIpc) is 2.63. The Morgan fingerprint density at radius 1 is 1.60 bits per heavy atom. The van der Waals surface area contributed by atoms with Crippen molar-refractivity contribution >= 4 is 11.7 Å². The third kappa shape index (κ3) is 1.93. The highest BCUT2D eigenvalue weighted by Crippen LogP contribution is 2.18. The number of nitrogen functional groups attached to an aromatic ring is 1. The predicted molar refractivity (Wildman–Crippen MR) is 58.4 cm³/mol. The molecule has 1 aliphatic heterocycles. The summed E-state index contributed by atoms with van der Waals surface area (Å²) in [5.41, 5.74) is 6.00. The number of nitrogens with two attached hydrogens (primary N) is 1. The number of likely N-dealkylation sites (tertiary alicyclic amines) is 1. The molecule has 0 aromatic carbocycles. The monoisotopic (exact) mass is 205 g/mol. The van der Waals surface area contributed by atoms with Gasteiger partial charge in [-0.15, -0.1) is 0 Å². The van der Waals surface area contributed by atoms with E-state index in [-0.39, 0.29) is 5.91 Å². The average molecular weight is 205 g/mol. The van der Waals surface area contributed by atoms with Crippen molar-refractivity contribution in [2.24, 2.45) is 0 Å². The summed E-state index contributed by atoms with van der Waals surface area (Å²) in [5, 5.41) is 0. The molecule has 0 bridgehead atoms. The molecule has 0 aliphatic carbocycles. The van der Waals surface area contributed by atoms with Crippen LogP contribution in [-0.2, 0) is 0 Å². The summed E-state index contributed by atoms with van der Waals surface area (Å²) in [6.45, 7) is 2.90. The van der Waals surface area contributed by atoms with Crippen LogP contribution in [0.2, 0.25) is 0 Å². The molecule has 15 heavy (non-hydrogen) atoms. The molecule has 1 amide bonds. The van der Waals surface area contributed by atoms with Crippen LogP contribution < -0.4 is 5.73 Å². The molecule has 4 heteroatoms. The molecule has 1 fully saturated rings. The second kappa shape index (κ2) is 3.88. The summed E-state index contributed by atoms with van der Waals surface area (Å²) in [7, 11) is 0. The van der Waals surface area contributed by atoms with E-state index in [0.717, 1.165) is 19.4 Å². The number of pyridine rings is 1. The minimum atomic E-state index is -0.00713. The number of carbonyl (C=O) groups excluding carboxylic acids is 1. The summed E-state index contributed by atoms with van der Waals surface area (Å²) in [4.78, 5) is 17.9. The summed E-state index contributed by atoms with van der Waals surface area (Å²) in [5.74, 6) is 0.389. The molecule has 0 saturated carbocycles. The first-order valence-electron chi connectivity index (χ1n) is 5.22. The number of rotatable bonds is 1. The van der Waals surface area contributed by atoms with Gasteiger partial charge in [-0.1, -0.05) is 6.07 Å². The fraction of sp³-hybridized carbons (Fsp3) is 0.455. The Bertz CT molecular complexity index is 378. The number of aromatic nitrogens is 1. The zero-order valence-corrected chi connectivity index (χ0v) is 8.81. The highest BCUT2D eigenvalue weighted by atomic mass is 16.2. The van der Waals surface area contributed by atoms with Gasteiger partial charge in [-0.3, -0.25) is 4.79 Å². The van der Waals surface area contributed by atoms with Gasteiger partial charge in [-0.2, -0.15) is 0 Å². The zero-order chi connectivity index (χ0) is 10.8. The van der Waals surface area contributed by atoms with E-state index in [1.54, 1.807) is 18.2 Å². The highest BCUT2D eigenvalue weighted by Gasteiger charge is 2.26. The first kappa shape index (κ1) is 9.96. The summed E-state index contributed by atoms with van der Waals surface area (Å²) < 4.78 is 0. The fourth-order valence-electron chi connectivity index (χ4n) is 1.95. The maximum absolute atomic E-state index is 12.0. The molecular weight excluding hydrogens is 190 g/mol. The van der Waals surface area contributed by atoms with Gasteiger partial charge in [-0.25, -0.2) is 4.98 Å². The Balaban J connectivity index is 2.20. The topological polar surface area (TPSA) is 59.2 Å². The smallest absolute Gasteiger partial charge is 0.272 e. The molecule has 2 rings (SSSR count). The third-order valence-electron chi connectivity index (χ3n) is 2.80. The van der Waals surface area contributed by atoms with Gasteiger partial charge in [0.15, 0.2) is 0 Å². The third-order valence-corrected chi connectivity index (χ3v) is 2.80. The SMILES string of the molecule is CC1CCCN1C(=O)c1cccc(N)n1. The van der Waals surface area contributed by atoms with E-state index in [1.165, 1.54) is 0 Å². The van der Waals surface area contributed by atoms with Crippen molar-refractivity contribution in [2.75, 3.05) is 12.3 Å². The van der Waals surface area contributed by atoms with Gasteiger partial charge in [0.05, 0.1) is 0 Å². The van der Waals surface area contributed by atoms with Crippen molar-refractivity contribution in [3.05, 3.63) is 23.9 Å². The van der Waals surface area contributed by atoms with Gasteiger partial charge in [0, 0.05) is 12.6 Å². The van der Waals surface area contributed by atoms with Gasteiger partial charge < -0.3 is 10.6 Å². The van der Waals surface area contributed by atoms with Crippen LogP contribution in [0.25, 0.3) is 0 Å². The lowest BCUT2D eigenvalue weighted by molar-refractivity contribution is 0.0741. The van der Waals surface area contributed by atoms with Crippen molar-refractivity contribution in [1.29, 1.82) is 0 Å². The lowest BCUT2D eigenvalue weighted by Gasteiger charge is -2.20. The molecule has 0 spiro atoms. The molecule has 0 radical (unpaired) electrons. The van der Waals surface area contributed by atoms with E-state index in [0.29, 0.717) is 17.6 Å². The standard InChI is InChI=1S/C11H15N3O/c1-8-4-3-7-14(8)11(15)9-5-2-6-10(12)13-9/h2,5-6,8H,3-4,7H2,1H3,(H2,12,13). The molecule has 1 aromatic heterocycles. The first-order valence-corrected chi connectivity index (χ1v) is 5.22. The van der Waals surface area contributed by atoms with Crippen molar-refractivity contribution < 1.29 is 4.79 Å². The maximum Gasteiger partial charge on any atom is 0.272 e. The van der Waals surface area contributed by atoms with Crippen LogP contribution in [0, 0.1) is 0 Å². The van der Waals surface area contributed by atoms with Gasteiger partial charge in [-0.05, 0) is 31.9 Å². The Morgan fingerprint density at radius 3 is 3.00 bits per heavy atom. The molecule has 1 saturated heterocycles. The van der Waals surface area contributed by atoms with E-state index < -0.39 is 0 Å². The Kier molecular flexibility index (Phi) is 2.58. The van der Waals surface area contributed by atoms with Gasteiger partial charge >= 0.3 is 0 Å². The number of carbonyl (C=O) groups is 1. The second-order valence-electron chi connectivity index (χ2n) is 3.94. The van der Waals surface area contributed by atoms with E-state index in [2.05, 4.69) is 11.9 Å². The van der Waals surface area contributed by atoms with Crippen LogP contribution in [0.3, 0.4) is 0 Å². The van der Waals surface area contributed by atoms with E-state index >= 15 is 0 Å². The second-order valence-corrected chi connectivity index (χ2v) is 3.94. The fourth-order valence-corrected chi connectivity index (χ4v) is 1.95. The normalized spacial score (nSPS) is 20.6. The van der Waals surface area contributed by atoms with E-state index in [9.17, 15) is 4.79 Å². The van der Waals surface area contributed by atoms with Crippen LogP contribution in [-0.4, -0.2) is 28.4 Å². The molecule has 4 nitrogen and oxygen atoms in total. The van der Waals surface area contributed by atoms with Crippen LogP contribution in [0.15, 0.2) is 18.2 Å². The molecule has 80 valence electrons. The molecule has 1 atom stereocenters. The predicted octanol–water partition coefficient (Wildman–Crippen LogP) is 1.29. The minimum absolute atomic E-state index is 0.00713. The molecular formula is C11H15N3O. The van der Waals surface area contributed by atoms with E-state index in [1.807, 2.05) is 4.90 Å². The zero-order valence-electron chi connectivity index (χ0n) is 8.81. The van der Waals surface area contributed by atoms with E-state index in [4.69, 9.17) is 5.73 Å². The highest BCUT2D eigenvalue weighted by molar-refractivity contribution is 5.93. The lowest BCUT2D eigenvalue weighted by Crippen LogP contribution is -2.34. The van der Waals surface area contributed by atoms with Gasteiger partial charge in [0.1, 0.15) is 11.5 Å². The molecule has 2 heterocycles. The lowest BCUT2D eigenvalue weighted by atomic mass is 10.2. The summed E-state index contributed by atoms with van der Waals surface area (Å²) in [6.07, 6.45) is 2.16. The number of hydrogen-bond acceptors (Lipinski definition) is 3. The van der Waals surface area contributed by atoms with Crippen molar-refractivity contribution in [3.8, 4) is 0 Å². The Morgan fingerprint density at radius 2 is 2.40 bits per heavy atom. The van der Waals surface area contributed by atoms with Crippen LogP contribution in [0.1, 0.15) is 30.3 Å². The van der Waals surface area contributed by atoms with Gasteiger partial charge in [0.25, 0.3) is 5.91 Å². The number of anilines is 1. The van der Waals surface area contributed by atoms with Crippen molar-refractivity contribution in [3.63, 3.8) is 0 Å². The summed E-state index contributed by atoms with van der Waals surface area (Å²) in [6, 6.07) is 5.48. The van der Waals surface area contributed by atoms with Crippen LogP contribution in [0.5, 0.6) is 0 Å². The van der Waals surface area contributed by atoms with Crippen molar-refractivity contribution in [2.45, 2.75) is 25.8 Å². The number of amides is 1. The Hall–Kier alpha value is -1.58. The molecule has 2 N–H and O–H groups in total. The molecule has 1 aromatic rings. The molecule has 1 unspecified atom stereocenters. The largest absolute Gasteiger partial charge is 0.384 e. The number of hydrogen-bond donors (Lipinski definition) is 1. The summed E-state index contributed by atoms with van der Waals surface area (Å²) >= 11 is 0. The van der Waals surface area contributed by atoms with Crippen molar-refractivity contribution in [1.82, 2.24) is 9.88 Å².